The molecule has 6 heteroatoms. The van der Waals surface area contributed by atoms with Gasteiger partial charge < -0.3 is 19.6 Å². The topological polar surface area (TPSA) is 70.1 Å². The minimum Gasteiger partial charge on any atom is -0.466 e. The number of hydrogen-bond acceptors (Lipinski definition) is 4. The molecule has 1 unspecified atom stereocenters. The van der Waals surface area contributed by atoms with E-state index in [0.29, 0.717) is 25.7 Å². The lowest BCUT2D eigenvalue weighted by Crippen LogP contribution is -2.43. The second-order valence-corrected chi connectivity index (χ2v) is 5.92. The first-order chi connectivity index (χ1) is 10.1. The summed E-state index contributed by atoms with van der Waals surface area (Å²) in [5.41, 5.74) is 0. The Morgan fingerprint density at radius 2 is 1.81 bits per heavy atom. The lowest BCUT2D eigenvalue weighted by molar-refractivity contribution is -0.149. The van der Waals surface area contributed by atoms with Crippen molar-refractivity contribution in [3.05, 3.63) is 0 Å². The Morgan fingerprint density at radius 3 is 2.43 bits per heavy atom. The van der Waals surface area contributed by atoms with E-state index in [1.165, 1.54) is 4.90 Å². The van der Waals surface area contributed by atoms with Gasteiger partial charge in [-0.1, -0.05) is 0 Å². The molecule has 0 spiro atoms. The fraction of sp³-hybridized carbons (Fsp3) is 0.867. The van der Waals surface area contributed by atoms with Crippen LogP contribution < -0.4 is 0 Å². The second-order valence-electron chi connectivity index (χ2n) is 5.92. The normalized spacial score (nSPS) is 25.4. The predicted molar refractivity (Wildman–Crippen MR) is 78.2 cm³/mol. The van der Waals surface area contributed by atoms with Gasteiger partial charge in [-0.15, -0.1) is 0 Å². The molecular formula is C15H26N2O4. The van der Waals surface area contributed by atoms with Crippen molar-refractivity contribution < 1.29 is 19.4 Å². The van der Waals surface area contributed by atoms with Crippen molar-refractivity contribution in [2.75, 3.05) is 32.8 Å². The van der Waals surface area contributed by atoms with Gasteiger partial charge in [0.2, 0.25) is 0 Å². The molecule has 0 aromatic carbocycles. The van der Waals surface area contributed by atoms with Crippen LogP contribution in [0, 0.1) is 5.92 Å². The molecule has 0 radical (unpaired) electrons. The van der Waals surface area contributed by atoms with E-state index in [-0.39, 0.29) is 11.9 Å². The maximum atomic E-state index is 11.7. The van der Waals surface area contributed by atoms with E-state index in [9.17, 15) is 9.59 Å². The van der Waals surface area contributed by atoms with Crippen LogP contribution in [0.25, 0.3) is 0 Å². The van der Waals surface area contributed by atoms with Gasteiger partial charge in [0.15, 0.2) is 0 Å². The van der Waals surface area contributed by atoms with Gasteiger partial charge in [0, 0.05) is 19.1 Å². The zero-order chi connectivity index (χ0) is 15.2. The third-order valence-corrected chi connectivity index (χ3v) is 4.63. The maximum absolute atomic E-state index is 11.7. The summed E-state index contributed by atoms with van der Waals surface area (Å²) in [6.45, 7) is 5.39. The van der Waals surface area contributed by atoms with Gasteiger partial charge in [-0.2, -0.15) is 0 Å². The Morgan fingerprint density at radius 1 is 1.10 bits per heavy atom. The molecule has 6 nitrogen and oxygen atoms in total. The molecule has 2 rings (SSSR count). The zero-order valence-electron chi connectivity index (χ0n) is 12.8. The van der Waals surface area contributed by atoms with Crippen molar-refractivity contribution in [3.8, 4) is 0 Å². The zero-order valence-corrected chi connectivity index (χ0v) is 12.8. The molecule has 1 N–H and O–H groups in total. The first kappa shape index (κ1) is 16.1. The molecule has 2 fully saturated rings. The van der Waals surface area contributed by atoms with Crippen LogP contribution in [0.4, 0.5) is 4.79 Å². The van der Waals surface area contributed by atoms with Crippen LogP contribution in [0.1, 0.15) is 39.0 Å². The summed E-state index contributed by atoms with van der Waals surface area (Å²) in [6, 6.07) is 0.456. The van der Waals surface area contributed by atoms with Crippen molar-refractivity contribution in [1.82, 2.24) is 9.80 Å². The molecule has 0 aliphatic carbocycles. The maximum Gasteiger partial charge on any atom is 0.407 e. The summed E-state index contributed by atoms with van der Waals surface area (Å²) in [4.78, 5) is 26.7. The number of esters is 1. The molecule has 2 aliphatic rings. The summed E-state index contributed by atoms with van der Waals surface area (Å²) in [7, 11) is 0. The first-order valence-electron chi connectivity index (χ1n) is 8.00. The number of nitrogens with zero attached hydrogens (tertiary/aromatic N) is 2. The van der Waals surface area contributed by atoms with Gasteiger partial charge in [0.05, 0.1) is 12.5 Å². The molecule has 0 aromatic heterocycles. The molecule has 21 heavy (non-hydrogen) atoms. The predicted octanol–water partition coefficient (Wildman–Crippen LogP) is 1.79. The lowest BCUT2D eigenvalue weighted by Gasteiger charge is -2.36. The fourth-order valence-corrected chi connectivity index (χ4v) is 3.40. The third kappa shape index (κ3) is 4.33. The SMILES string of the molecule is CCOC(=O)C1CCN(C2CCCN(C(=O)O)CC2)CC1. The molecule has 0 saturated carbocycles. The average Bonchev–Trinajstić information content (AvgIpc) is 2.73. The number of carboxylic acid groups (broad SMARTS) is 1. The molecule has 2 aliphatic heterocycles. The van der Waals surface area contributed by atoms with Crippen LogP contribution in [0.2, 0.25) is 0 Å². The van der Waals surface area contributed by atoms with Crippen LogP contribution in [-0.4, -0.2) is 65.8 Å². The minimum absolute atomic E-state index is 0.0440. The summed E-state index contributed by atoms with van der Waals surface area (Å²) in [5, 5.41) is 9.07. The third-order valence-electron chi connectivity index (χ3n) is 4.63. The fourth-order valence-electron chi connectivity index (χ4n) is 3.40. The summed E-state index contributed by atoms with van der Waals surface area (Å²) >= 11 is 0. The van der Waals surface area contributed by atoms with Crippen LogP contribution in [-0.2, 0) is 9.53 Å². The van der Waals surface area contributed by atoms with Crippen LogP contribution in [0.5, 0.6) is 0 Å². The molecule has 0 aromatic rings. The number of amides is 1. The summed E-state index contributed by atoms with van der Waals surface area (Å²) < 4.78 is 5.09. The summed E-state index contributed by atoms with van der Waals surface area (Å²) in [6.07, 6.45) is 3.78. The minimum atomic E-state index is -0.809. The Labute approximate surface area is 126 Å². The van der Waals surface area contributed by atoms with Crippen LogP contribution >= 0.6 is 0 Å². The summed E-state index contributed by atoms with van der Waals surface area (Å²) in [5.74, 6) is -0.0161. The molecule has 2 saturated heterocycles. The van der Waals surface area contributed by atoms with E-state index >= 15 is 0 Å². The smallest absolute Gasteiger partial charge is 0.407 e. The first-order valence-corrected chi connectivity index (χ1v) is 8.00. The molecular weight excluding hydrogens is 272 g/mol. The van der Waals surface area contributed by atoms with Gasteiger partial charge in [-0.3, -0.25) is 4.79 Å². The van der Waals surface area contributed by atoms with Crippen molar-refractivity contribution in [2.24, 2.45) is 5.92 Å². The number of hydrogen-bond donors (Lipinski definition) is 1. The van der Waals surface area contributed by atoms with E-state index in [1.54, 1.807) is 0 Å². The molecule has 0 bridgehead atoms. The van der Waals surface area contributed by atoms with Gasteiger partial charge in [0.25, 0.3) is 0 Å². The van der Waals surface area contributed by atoms with E-state index in [0.717, 1.165) is 45.2 Å². The average molecular weight is 298 g/mol. The highest BCUT2D eigenvalue weighted by Gasteiger charge is 2.30. The van der Waals surface area contributed by atoms with E-state index in [1.807, 2.05) is 6.92 Å². The quantitative estimate of drug-likeness (QED) is 0.804. The van der Waals surface area contributed by atoms with E-state index in [4.69, 9.17) is 9.84 Å². The monoisotopic (exact) mass is 298 g/mol. The van der Waals surface area contributed by atoms with E-state index < -0.39 is 6.09 Å². The van der Waals surface area contributed by atoms with Gasteiger partial charge in [0.1, 0.15) is 0 Å². The number of ether oxygens (including phenoxy) is 1. The van der Waals surface area contributed by atoms with Crippen molar-refractivity contribution >= 4 is 12.1 Å². The number of carbonyl (C=O) groups excluding carboxylic acids is 1. The number of carbonyl (C=O) groups is 2. The molecule has 1 atom stereocenters. The Hall–Kier alpha value is -1.30. The van der Waals surface area contributed by atoms with E-state index in [2.05, 4.69) is 4.90 Å². The second kappa shape index (κ2) is 7.64. The highest BCUT2D eigenvalue weighted by Crippen LogP contribution is 2.24. The van der Waals surface area contributed by atoms with Crippen molar-refractivity contribution in [3.63, 3.8) is 0 Å². The standard InChI is InChI=1S/C15H26N2O4/c1-2-21-14(18)12-5-9-16(10-6-12)13-4-3-8-17(11-7-13)15(19)20/h12-13H,2-11H2,1H3,(H,19,20). The highest BCUT2D eigenvalue weighted by molar-refractivity contribution is 5.72. The molecule has 1 amide bonds. The van der Waals surface area contributed by atoms with Gasteiger partial charge in [-0.25, -0.2) is 4.79 Å². The highest BCUT2D eigenvalue weighted by atomic mass is 16.5. The Balaban J connectivity index is 1.79. The largest absolute Gasteiger partial charge is 0.466 e. The lowest BCUT2D eigenvalue weighted by atomic mass is 9.94. The van der Waals surface area contributed by atoms with Crippen LogP contribution in [0.3, 0.4) is 0 Å². The number of piperidine rings is 1. The molecule has 2 heterocycles. The Bertz CT molecular complexity index is 367. The Kier molecular flexibility index (Phi) is 5.85. The number of likely N-dealkylation sites (tertiary alicyclic amines) is 2. The van der Waals surface area contributed by atoms with Gasteiger partial charge >= 0.3 is 12.1 Å². The van der Waals surface area contributed by atoms with Crippen LogP contribution in [0.15, 0.2) is 0 Å². The number of rotatable bonds is 3. The van der Waals surface area contributed by atoms with Crippen molar-refractivity contribution in [2.45, 2.75) is 45.1 Å². The van der Waals surface area contributed by atoms with Crippen molar-refractivity contribution in [1.29, 1.82) is 0 Å². The molecule has 120 valence electrons. The van der Waals surface area contributed by atoms with Gasteiger partial charge in [-0.05, 0) is 52.1 Å².